The number of thiazole rings is 1. The summed E-state index contributed by atoms with van der Waals surface area (Å²) in [6, 6.07) is 6.56. The molecule has 12 nitrogen and oxygen atoms in total. The van der Waals surface area contributed by atoms with E-state index in [-0.39, 0.29) is 42.1 Å². The van der Waals surface area contributed by atoms with Gasteiger partial charge in [0.2, 0.25) is 5.78 Å². The molecule has 14 heteroatoms. The van der Waals surface area contributed by atoms with Crippen LogP contribution >= 0.6 is 11.3 Å². The Labute approximate surface area is 273 Å². The van der Waals surface area contributed by atoms with E-state index in [4.69, 9.17) is 5.73 Å². The summed E-state index contributed by atoms with van der Waals surface area (Å²) in [4.78, 5) is 47.6. The van der Waals surface area contributed by atoms with Crippen molar-refractivity contribution < 1.29 is 39.2 Å². The Morgan fingerprint density at radius 1 is 1.15 bits per heavy atom. The zero-order valence-electron chi connectivity index (χ0n) is 26.0. The van der Waals surface area contributed by atoms with Gasteiger partial charge >= 0.3 is 0 Å². The van der Waals surface area contributed by atoms with Crippen LogP contribution in [0.1, 0.15) is 23.1 Å². The van der Waals surface area contributed by atoms with Crippen molar-refractivity contribution in [3.63, 3.8) is 0 Å². The zero-order valence-corrected chi connectivity index (χ0v) is 26.9. The lowest BCUT2D eigenvalue weighted by molar-refractivity contribution is -0.153. The predicted octanol–water partition coefficient (Wildman–Crippen LogP) is 2.90. The van der Waals surface area contributed by atoms with Gasteiger partial charge in [0, 0.05) is 54.3 Å². The maximum atomic E-state index is 14.2. The average Bonchev–Trinajstić information content (AvgIpc) is 3.47. The molecule has 1 aromatic heterocycles. The molecule has 3 aliphatic rings. The van der Waals surface area contributed by atoms with E-state index < -0.39 is 58.0 Å². The number of ketones is 2. The summed E-state index contributed by atoms with van der Waals surface area (Å²) in [5, 5.41) is 51.7. The largest absolute Gasteiger partial charge is 0.508 e. The summed E-state index contributed by atoms with van der Waals surface area (Å²) < 4.78 is 13.4. The summed E-state index contributed by atoms with van der Waals surface area (Å²) in [6.07, 6.45) is 0.181. The Balaban J connectivity index is 1.41. The minimum Gasteiger partial charge on any atom is -0.508 e. The molecule has 246 valence electrons. The van der Waals surface area contributed by atoms with Gasteiger partial charge in [-0.2, -0.15) is 0 Å². The second-order valence-electron chi connectivity index (χ2n) is 12.5. The summed E-state index contributed by atoms with van der Waals surface area (Å²) in [5.74, 6) is -7.33. The second kappa shape index (κ2) is 11.5. The number of benzene rings is 2. The number of amides is 1. The summed E-state index contributed by atoms with van der Waals surface area (Å²) in [5.41, 5.74) is 4.62. The number of aliphatic hydroxyl groups excluding tert-OH is 2. The molecule has 4 unspecified atom stereocenters. The number of phenolic OH excluding ortho intramolecular Hbond substituents is 1. The first-order valence-electron chi connectivity index (χ1n) is 14.8. The highest BCUT2D eigenvalue weighted by molar-refractivity contribution is 7.14. The van der Waals surface area contributed by atoms with E-state index in [9.17, 15) is 39.2 Å². The number of halogens is 1. The van der Waals surface area contributed by atoms with Crippen LogP contribution in [0.4, 0.5) is 15.2 Å². The number of likely N-dealkylation sites (N-methyl/N-ethyl adjacent to an activating group) is 1. The van der Waals surface area contributed by atoms with Gasteiger partial charge in [0.15, 0.2) is 16.5 Å². The van der Waals surface area contributed by atoms with Crippen LogP contribution in [0.5, 0.6) is 5.75 Å². The molecule has 1 amide bonds. The third-order valence-corrected chi connectivity index (χ3v) is 10.1. The van der Waals surface area contributed by atoms with Crippen LogP contribution in [0.15, 0.2) is 52.6 Å². The SMILES string of the molecule is CN(C)c1cc(CNc2nc(-c3ccc(F)cc3)cs2)c(O)c2c1CC1CC3C(N(C)C)C(=O)C(C(N)=O)=C(O)C3(O)C(=O)C1=C2O. The highest BCUT2D eigenvalue weighted by atomic mass is 32.1. The van der Waals surface area contributed by atoms with Crippen molar-refractivity contribution in [2.24, 2.45) is 17.6 Å². The number of aliphatic hydroxyl groups is 3. The molecule has 7 N–H and O–H groups in total. The third kappa shape index (κ3) is 4.94. The average molecular weight is 664 g/mol. The Morgan fingerprint density at radius 3 is 2.45 bits per heavy atom. The van der Waals surface area contributed by atoms with Gasteiger partial charge in [0.1, 0.15) is 28.7 Å². The quantitative estimate of drug-likeness (QED) is 0.204. The number of carbonyl (C=O) groups is 3. The minimum absolute atomic E-state index is 0.00311. The molecule has 0 bridgehead atoms. The fraction of sp³-hybridized carbons (Fsp3) is 0.333. The molecule has 1 saturated carbocycles. The number of hydrogen-bond donors (Lipinski definition) is 6. The van der Waals surface area contributed by atoms with Crippen molar-refractivity contribution >= 4 is 45.4 Å². The van der Waals surface area contributed by atoms with Crippen LogP contribution in [0, 0.1) is 17.7 Å². The van der Waals surface area contributed by atoms with Crippen LogP contribution in [0.2, 0.25) is 0 Å². The summed E-state index contributed by atoms with van der Waals surface area (Å²) in [7, 11) is 6.72. The first kappa shape index (κ1) is 32.2. The van der Waals surface area contributed by atoms with E-state index in [1.165, 1.54) is 28.4 Å². The maximum Gasteiger partial charge on any atom is 0.255 e. The second-order valence-corrected chi connectivity index (χ2v) is 13.4. The lowest BCUT2D eigenvalue weighted by atomic mass is 9.57. The lowest BCUT2D eigenvalue weighted by Gasteiger charge is -2.50. The van der Waals surface area contributed by atoms with E-state index in [1.54, 1.807) is 46.4 Å². The van der Waals surface area contributed by atoms with Crippen molar-refractivity contribution in [3.05, 3.63) is 75.1 Å². The van der Waals surface area contributed by atoms with Crippen LogP contribution in [0.3, 0.4) is 0 Å². The predicted molar refractivity (Wildman–Crippen MR) is 173 cm³/mol. The first-order chi connectivity index (χ1) is 22.2. The standard InChI is InChI=1S/C33H34FN5O7S/c1-38(2)21-11-16(12-36-32-37-20(13-47-32)14-5-7-17(34)8-6-14)26(40)23-18(21)9-15-10-19-25(39(3)4)28(42)24(31(35)45)30(44)33(19,46)29(43)22(15)27(23)41/h5-8,11,13,15,19,25,40-41,44,46H,9-10,12H2,1-4H3,(H2,35,45)(H,36,37). The summed E-state index contributed by atoms with van der Waals surface area (Å²) in [6.45, 7) is 0.0838. The molecule has 0 radical (unpaired) electrons. The third-order valence-electron chi connectivity index (χ3n) is 9.33. The zero-order chi connectivity index (χ0) is 34.1. The molecule has 6 rings (SSSR count). The number of phenols is 1. The van der Waals surface area contributed by atoms with Gasteiger partial charge in [-0.15, -0.1) is 11.3 Å². The number of nitrogens with one attached hydrogen (secondary N) is 1. The molecule has 0 aliphatic heterocycles. The monoisotopic (exact) mass is 663 g/mol. The molecule has 0 saturated heterocycles. The Morgan fingerprint density at radius 2 is 1.83 bits per heavy atom. The highest BCUT2D eigenvalue weighted by Crippen LogP contribution is 2.54. The summed E-state index contributed by atoms with van der Waals surface area (Å²) >= 11 is 1.32. The van der Waals surface area contributed by atoms with Crippen molar-refractivity contribution in [2.75, 3.05) is 38.4 Å². The van der Waals surface area contributed by atoms with Crippen molar-refractivity contribution in [2.45, 2.75) is 31.0 Å². The van der Waals surface area contributed by atoms with Crippen molar-refractivity contribution in [1.29, 1.82) is 0 Å². The van der Waals surface area contributed by atoms with Gasteiger partial charge in [-0.05, 0) is 68.8 Å². The van der Waals surface area contributed by atoms with Gasteiger partial charge in [-0.1, -0.05) is 0 Å². The number of rotatable bonds is 7. The number of anilines is 2. The van der Waals surface area contributed by atoms with E-state index in [1.807, 2.05) is 10.3 Å². The normalized spacial score (nSPS) is 23.9. The van der Waals surface area contributed by atoms with Gasteiger partial charge < -0.3 is 36.4 Å². The van der Waals surface area contributed by atoms with E-state index in [0.29, 0.717) is 27.6 Å². The molecular formula is C33H34FN5O7S. The van der Waals surface area contributed by atoms with Crippen molar-refractivity contribution in [3.8, 4) is 17.0 Å². The maximum absolute atomic E-state index is 14.2. The molecule has 4 atom stereocenters. The number of fused-ring (bicyclic) bond motifs is 3. The van der Waals surface area contributed by atoms with E-state index in [0.717, 1.165) is 5.56 Å². The molecule has 1 heterocycles. The molecule has 0 spiro atoms. The van der Waals surface area contributed by atoms with Gasteiger partial charge in [-0.3, -0.25) is 19.3 Å². The van der Waals surface area contributed by atoms with Crippen molar-refractivity contribution in [1.82, 2.24) is 9.88 Å². The molecule has 3 aliphatic carbocycles. The van der Waals surface area contributed by atoms with Gasteiger partial charge in [0.05, 0.1) is 17.3 Å². The number of hydrogen-bond acceptors (Lipinski definition) is 12. The van der Waals surface area contributed by atoms with Crippen LogP contribution in [-0.2, 0) is 27.3 Å². The Kier molecular flexibility index (Phi) is 7.85. The van der Waals surface area contributed by atoms with Gasteiger partial charge in [-0.25, -0.2) is 9.37 Å². The fourth-order valence-electron chi connectivity index (χ4n) is 7.16. The number of nitrogens with two attached hydrogens (primary N) is 1. The highest BCUT2D eigenvalue weighted by Gasteiger charge is 2.64. The van der Waals surface area contributed by atoms with Crippen LogP contribution in [-0.4, -0.2) is 87.6 Å². The molecule has 1 fully saturated rings. The Bertz CT molecular complexity index is 1900. The number of carbonyl (C=O) groups excluding carboxylic acids is 3. The number of nitrogens with zero attached hydrogens (tertiary/aromatic N) is 3. The van der Waals surface area contributed by atoms with Gasteiger partial charge in [0.25, 0.3) is 5.91 Å². The molecule has 3 aromatic rings. The van der Waals surface area contributed by atoms with E-state index >= 15 is 0 Å². The first-order valence-corrected chi connectivity index (χ1v) is 15.7. The lowest BCUT2D eigenvalue weighted by Crippen LogP contribution is -2.65. The minimum atomic E-state index is -2.71. The Hall–Kier alpha value is -4.79. The topological polar surface area (TPSA) is 190 Å². The number of Topliss-reactive ketones (excluding diaryl/α,β-unsaturated/α-hetero) is 2. The van der Waals surface area contributed by atoms with Crippen LogP contribution in [0.25, 0.3) is 17.0 Å². The number of primary amides is 1. The molecule has 47 heavy (non-hydrogen) atoms. The number of aromatic nitrogens is 1. The van der Waals surface area contributed by atoms with Crippen LogP contribution < -0.4 is 16.0 Å². The molecule has 2 aromatic carbocycles. The van der Waals surface area contributed by atoms with E-state index in [2.05, 4.69) is 10.3 Å². The molecular weight excluding hydrogens is 629 g/mol. The fourth-order valence-corrected chi connectivity index (χ4v) is 7.88. The number of aromatic hydroxyl groups is 1. The smallest absolute Gasteiger partial charge is 0.255 e.